The van der Waals surface area contributed by atoms with Crippen LogP contribution in [-0.2, 0) is 0 Å². The fourth-order valence-electron chi connectivity index (χ4n) is 0.915. The minimum atomic E-state index is -0.837. The second kappa shape index (κ2) is 3.62. The molecule has 0 atom stereocenters. The van der Waals surface area contributed by atoms with E-state index in [9.17, 15) is 4.39 Å². The molecule has 2 aromatic heterocycles. The Morgan fingerprint density at radius 3 is 2.86 bits per heavy atom. The molecule has 7 heteroatoms. The Morgan fingerprint density at radius 2 is 2.21 bits per heavy atom. The third-order valence-electron chi connectivity index (χ3n) is 1.46. The molecule has 0 saturated heterocycles. The predicted molar refractivity (Wildman–Crippen MR) is 51.8 cm³/mol. The highest BCUT2D eigenvalue weighted by atomic mass is 79.9. The van der Waals surface area contributed by atoms with E-state index in [1.165, 1.54) is 10.9 Å². The number of aromatic nitrogens is 4. The lowest BCUT2D eigenvalue weighted by Crippen LogP contribution is -2.02. The Labute approximate surface area is 91.9 Å². The quantitative estimate of drug-likeness (QED) is 0.751. The van der Waals surface area contributed by atoms with Crippen molar-refractivity contribution in [3.05, 3.63) is 34.2 Å². The highest BCUT2D eigenvalue weighted by Gasteiger charge is 2.08. The summed E-state index contributed by atoms with van der Waals surface area (Å²) in [6.45, 7) is 0. The molecular weight excluding hydrogens is 274 g/mol. The van der Waals surface area contributed by atoms with Gasteiger partial charge in [0, 0.05) is 6.20 Å². The zero-order chi connectivity index (χ0) is 10.1. The van der Waals surface area contributed by atoms with Gasteiger partial charge >= 0.3 is 6.08 Å². The van der Waals surface area contributed by atoms with Crippen LogP contribution in [0.2, 0.25) is 5.02 Å². The van der Waals surface area contributed by atoms with E-state index in [4.69, 9.17) is 11.6 Å². The molecule has 0 N–H and O–H groups in total. The molecule has 2 rings (SSSR count). The molecule has 0 amide bonds. The standard InChI is InChI=1S/C7H3BrClFN4/c8-4-1-12-14(3-4)6-5(9)2-11-7(10)13-6/h1-3H. The van der Waals surface area contributed by atoms with Gasteiger partial charge in [0.15, 0.2) is 5.82 Å². The average molecular weight is 277 g/mol. The minimum Gasteiger partial charge on any atom is -0.220 e. The molecular formula is C7H3BrClFN4. The summed E-state index contributed by atoms with van der Waals surface area (Å²) in [6, 6.07) is 0. The van der Waals surface area contributed by atoms with Crippen LogP contribution in [-0.4, -0.2) is 19.7 Å². The summed E-state index contributed by atoms with van der Waals surface area (Å²) in [7, 11) is 0. The summed E-state index contributed by atoms with van der Waals surface area (Å²) in [5, 5.41) is 4.15. The summed E-state index contributed by atoms with van der Waals surface area (Å²) < 4.78 is 14.8. The van der Waals surface area contributed by atoms with E-state index < -0.39 is 6.08 Å². The van der Waals surface area contributed by atoms with E-state index in [2.05, 4.69) is 31.0 Å². The molecule has 14 heavy (non-hydrogen) atoms. The van der Waals surface area contributed by atoms with Crippen LogP contribution in [0.5, 0.6) is 0 Å². The molecule has 72 valence electrons. The van der Waals surface area contributed by atoms with Gasteiger partial charge in [0.25, 0.3) is 0 Å². The van der Waals surface area contributed by atoms with Gasteiger partial charge < -0.3 is 0 Å². The van der Waals surface area contributed by atoms with Crippen molar-refractivity contribution in [1.29, 1.82) is 0 Å². The highest BCUT2D eigenvalue weighted by Crippen LogP contribution is 2.17. The summed E-state index contributed by atoms with van der Waals surface area (Å²) in [5.74, 6) is 0.213. The average Bonchev–Trinajstić information content (AvgIpc) is 2.56. The van der Waals surface area contributed by atoms with E-state index in [1.54, 1.807) is 12.4 Å². The Hall–Kier alpha value is -1.01. The maximum atomic E-state index is 12.7. The van der Waals surface area contributed by atoms with Crippen molar-refractivity contribution in [3.8, 4) is 5.82 Å². The smallest absolute Gasteiger partial charge is 0.220 e. The Morgan fingerprint density at radius 1 is 1.43 bits per heavy atom. The topological polar surface area (TPSA) is 43.6 Å². The second-order valence-electron chi connectivity index (χ2n) is 2.41. The highest BCUT2D eigenvalue weighted by molar-refractivity contribution is 9.10. The summed E-state index contributed by atoms with van der Waals surface area (Å²) in [5.41, 5.74) is 0. The molecule has 0 aliphatic heterocycles. The zero-order valence-corrected chi connectivity index (χ0v) is 9.00. The molecule has 0 aromatic carbocycles. The number of nitrogens with zero attached hydrogens (tertiary/aromatic N) is 4. The lowest BCUT2D eigenvalue weighted by molar-refractivity contribution is 0.533. The fourth-order valence-corrected chi connectivity index (χ4v) is 1.38. The van der Waals surface area contributed by atoms with Gasteiger partial charge in [0.05, 0.1) is 16.9 Å². The first-order valence-corrected chi connectivity index (χ1v) is 4.72. The third-order valence-corrected chi connectivity index (χ3v) is 2.14. The van der Waals surface area contributed by atoms with E-state index >= 15 is 0 Å². The maximum absolute atomic E-state index is 12.7. The van der Waals surface area contributed by atoms with Gasteiger partial charge in [-0.15, -0.1) is 0 Å². The van der Waals surface area contributed by atoms with Crippen LogP contribution in [0, 0.1) is 6.08 Å². The van der Waals surface area contributed by atoms with E-state index in [-0.39, 0.29) is 10.8 Å². The molecule has 0 aliphatic rings. The first kappa shape index (κ1) is 9.54. The van der Waals surface area contributed by atoms with Gasteiger partial charge in [0.2, 0.25) is 0 Å². The van der Waals surface area contributed by atoms with Crippen LogP contribution in [0.1, 0.15) is 0 Å². The molecule has 0 aliphatic carbocycles. The molecule has 0 unspecified atom stereocenters. The van der Waals surface area contributed by atoms with Crippen molar-refractivity contribution in [1.82, 2.24) is 19.7 Å². The summed E-state index contributed by atoms with van der Waals surface area (Å²) in [4.78, 5) is 6.84. The van der Waals surface area contributed by atoms with E-state index in [1.807, 2.05) is 0 Å². The SMILES string of the molecule is Fc1ncc(Cl)c(-n2cc(Br)cn2)n1. The normalized spacial score (nSPS) is 10.5. The van der Waals surface area contributed by atoms with Crippen molar-refractivity contribution in [3.63, 3.8) is 0 Å². The molecule has 2 heterocycles. The lowest BCUT2D eigenvalue weighted by atomic mass is 10.6. The molecule has 4 nitrogen and oxygen atoms in total. The summed E-state index contributed by atoms with van der Waals surface area (Å²) in [6.07, 6.45) is 3.52. The minimum absolute atomic E-state index is 0.213. The molecule has 0 spiro atoms. The fraction of sp³-hybridized carbons (Fsp3) is 0. The van der Waals surface area contributed by atoms with Crippen LogP contribution >= 0.6 is 27.5 Å². The molecule has 0 radical (unpaired) electrons. The van der Waals surface area contributed by atoms with Gasteiger partial charge in [-0.2, -0.15) is 14.5 Å². The Balaban J connectivity index is 2.55. The van der Waals surface area contributed by atoms with Crippen molar-refractivity contribution < 1.29 is 4.39 Å². The lowest BCUT2D eigenvalue weighted by Gasteiger charge is -2.01. The number of hydrogen-bond acceptors (Lipinski definition) is 3. The third kappa shape index (κ3) is 1.76. The van der Waals surface area contributed by atoms with Gasteiger partial charge in [-0.25, -0.2) is 9.67 Å². The Bertz CT molecular complexity index is 472. The summed E-state index contributed by atoms with van der Waals surface area (Å²) >= 11 is 8.98. The largest absolute Gasteiger partial charge is 0.310 e. The van der Waals surface area contributed by atoms with Crippen molar-refractivity contribution in [2.24, 2.45) is 0 Å². The van der Waals surface area contributed by atoms with Crippen LogP contribution < -0.4 is 0 Å². The van der Waals surface area contributed by atoms with Gasteiger partial charge in [-0.05, 0) is 15.9 Å². The molecule has 0 saturated carbocycles. The van der Waals surface area contributed by atoms with Gasteiger partial charge in [-0.1, -0.05) is 11.6 Å². The van der Waals surface area contributed by atoms with Gasteiger partial charge in [-0.3, -0.25) is 0 Å². The molecule has 0 bridgehead atoms. The van der Waals surface area contributed by atoms with E-state index in [0.29, 0.717) is 0 Å². The van der Waals surface area contributed by atoms with Crippen molar-refractivity contribution in [2.45, 2.75) is 0 Å². The van der Waals surface area contributed by atoms with Gasteiger partial charge in [0.1, 0.15) is 5.02 Å². The number of halogens is 3. The molecule has 0 fully saturated rings. The zero-order valence-electron chi connectivity index (χ0n) is 6.65. The predicted octanol–water partition coefficient (Wildman–Crippen LogP) is 2.22. The van der Waals surface area contributed by atoms with Crippen LogP contribution in [0.3, 0.4) is 0 Å². The first-order valence-electron chi connectivity index (χ1n) is 3.55. The van der Waals surface area contributed by atoms with Crippen molar-refractivity contribution >= 4 is 27.5 Å². The number of hydrogen-bond donors (Lipinski definition) is 0. The first-order chi connectivity index (χ1) is 6.66. The second-order valence-corrected chi connectivity index (χ2v) is 3.74. The van der Waals surface area contributed by atoms with E-state index in [0.717, 1.165) is 4.47 Å². The Kier molecular flexibility index (Phi) is 2.47. The molecule has 2 aromatic rings. The van der Waals surface area contributed by atoms with Crippen molar-refractivity contribution in [2.75, 3.05) is 0 Å². The number of rotatable bonds is 1. The van der Waals surface area contributed by atoms with Crippen LogP contribution in [0.4, 0.5) is 4.39 Å². The van der Waals surface area contributed by atoms with Crippen LogP contribution in [0.15, 0.2) is 23.1 Å². The maximum Gasteiger partial charge on any atom is 0.310 e. The van der Waals surface area contributed by atoms with Crippen LogP contribution in [0.25, 0.3) is 5.82 Å². The monoisotopic (exact) mass is 276 g/mol.